The summed E-state index contributed by atoms with van der Waals surface area (Å²) >= 11 is 24.9. The van der Waals surface area contributed by atoms with Crippen molar-refractivity contribution in [3.63, 3.8) is 0 Å². The summed E-state index contributed by atoms with van der Waals surface area (Å²) in [5.41, 5.74) is 2.29. The van der Waals surface area contributed by atoms with Gasteiger partial charge in [0.25, 0.3) is 0 Å². The second-order valence-corrected chi connectivity index (χ2v) is 9.20. The third-order valence-electron chi connectivity index (χ3n) is 3.75. The zero-order chi connectivity index (χ0) is 22.3. The summed E-state index contributed by atoms with van der Waals surface area (Å²) in [7, 11) is 9.53. The maximum atomic E-state index is 6.17. The number of nitrogens with zero attached hydrogens (tertiary/aromatic N) is 2. The minimum absolute atomic E-state index is 0.194. The van der Waals surface area contributed by atoms with Crippen LogP contribution in [0.1, 0.15) is 25.4 Å². The zero-order valence-corrected chi connectivity index (χ0v) is 21.2. The second-order valence-electron chi connectivity index (χ2n) is 5.75. The van der Waals surface area contributed by atoms with Crippen molar-refractivity contribution in [2.45, 2.75) is 13.8 Å². The van der Waals surface area contributed by atoms with Gasteiger partial charge in [-0.3, -0.25) is 0 Å². The number of aliphatic imine (C=N–C) groups is 2. The van der Waals surface area contributed by atoms with Crippen LogP contribution in [0.4, 0.5) is 11.4 Å². The monoisotopic (exact) mass is 564 g/mol. The number of halogens is 6. The van der Waals surface area contributed by atoms with Gasteiger partial charge in [0, 0.05) is 0 Å². The molecule has 0 aliphatic rings. The average Bonchev–Trinajstić information content (AvgIpc) is 3.19. The van der Waals surface area contributed by atoms with Crippen LogP contribution in [-0.2, 0) is 13.1 Å². The minimum atomic E-state index is 0.194. The van der Waals surface area contributed by atoms with E-state index in [9.17, 15) is 0 Å². The standard InChI is InChI=1S/C20H14Cl4N2O.2ClH.Fe/c1-11(25-19-13(21)5-3-6-14(19)22)17-9-10-18(27-17)12(2)26-20-15(23)7-4-8-16(20)24;;;/h3-10H,1-2H3;2*1H;/q;;;+2/p-2. The van der Waals surface area contributed by atoms with E-state index in [0.29, 0.717) is 54.4 Å². The number of hydrogen-bond donors (Lipinski definition) is 0. The Morgan fingerprint density at radius 1 is 0.667 bits per heavy atom. The van der Waals surface area contributed by atoms with Crippen LogP contribution in [-0.4, -0.2) is 11.4 Å². The fourth-order valence-corrected chi connectivity index (χ4v) is 3.33. The first kappa shape index (κ1) is 25.6. The maximum absolute atomic E-state index is 6.17. The number of furan rings is 1. The molecule has 2 aromatic carbocycles. The first-order chi connectivity index (χ1) is 14.3. The molecule has 0 fully saturated rings. The number of benzene rings is 2. The quantitative estimate of drug-likeness (QED) is 0.229. The first-order valence-electron chi connectivity index (χ1n) is 8.22. The Labute approximate surface area is 209 Å². The molecular formula is C20H14Cl6FeN2O. The van der Waals surface area contributed by atoms with Gasteiger partial charge in [-0.2, -0.15) is 0 Å². The Morgan fingerprint density at radius 2 is 0.967 bits per heavy atom. The molecule has 0 N–H and O–H groups in total. The van der Waals surface area contributed by atoms with E-state index in [2.05, 4.69) is 9.98 Å². The van der Waals surface area contributed by atoms with Gasteiger partial charge in [-0.25, -0.2) is 9.98 Å². The third kappa shape index (κ3) is 6.91. The third-order valence-corrected chi connectivity index (χ3v) is 4.97. The molecule has 3 nitrogen and oxygen atoms in total. The van der Waals surface area contributed by atoms with E-state index < -0.39 is 0 Å². The summed E-state index contributed by atoms with van der Waals surface area (Å²) in [6.45, 7) is 3.64. The number of rotatable bonds is 4. The van der Waals surface area contributed by atoms with Crippen LogP contribution in [0.5, 0.6) is 0 Å². The Hall–Kier alpha value is -0.681. The van der Waals surface area contributed by atoms with Gasteiger partial charge in [-0.1, -0.05) is 58.5 Å². The molecule has 1 aromatic heterocycles. The van der Waals surface area contributed by atoms with Crippen molar-refractivity contribution in [1.82, 2.24) is 0 Å². The fraction of sp³-hybridized carbons (Fsp3) is 0.100. The van der Waals surface area contributed by atoms with Crippen molar-refractivity contribution >= 4 is 89.4 Å². The molecule has 0 saturated carbocycles. The summed E-state index contributed by atoms with van der Waals surface area (Å²) in [5.74, 6) is 1.17. The van der Waals surface area contributed by atoms with Crippen LogP contribution < -0.4 is 0 Å². The van der Waals surface area contributed by atoms with Crippen molar-refractivity contribution in [2.24, 2.45) is 9.98 Å². The molecule has 0 aliphatic heterocycles. The molecule has 0 atom stereocenters. The van der Waals surface area contributed by atoms with Crippen LogP contribution in [0, 0.1) is 0 Å². The van der Waals surface area contributed by atoms with Crippen LogP contribution in [0.25, 0.3) is 0 Å². The van der Waals surface area contributed by atoms with Crippen molar-refractivity contribution in [1.29, 1.82) is 0 Å². The SMILES string of the molecule is CC(=Nc1c(Cl)cccc1Cl)c1ccc(C(C)=Nc2c(Cl)cccc2Cl)o1.[Cl][Fe][Cl]. The van der Waals surface area contributed by atoms with E-state index in [4.69, 9.17) is 71.0 Å². The Balaban J connectivity index is 0.00000101. The zero-order valence-electron chi connectivity index (χ0n) is 15.5. The van der Waals surface area contributed by atoms with E-state index >= 15 is 0 Å². The molecule has 3 rings (SSSR count). The predicted octanol–water partition coefficient (Wildman–Crippen LogP) is 9.55. The normalized spacial score (nSPS) is 12.0. The van der Waals surface area contributed by atoms with Gasteiger partial charge in [0.2, 0.25) is 0 Å². The van der Waals surface area contributed by atoms with E-state index in [1.165, 1.54) is 0 Å². The summed E-state index contributed by atoms with van der Waals surface area (Å²) in [6, 6.07) is 14.1. The number of para-hydroxylation sites is 2. The summed E-state index contributed by atoms with van der Waals surface area (Å²) in [6.07, 6.45) is 0. The van der Waals surface area contributed by atoms with Gasteiger partial charge >= 0.3 is 33.3 Å². The van der Waals surface area contributed by atoms with Gasteiger partial charge in [-0.05, 0) is 50.2 Å². The molecule has 0 radical (unpaired) electrons. The van der Waals surface area contributed by atoms with E-state index in [0.717, 1.165) is 0 Å². The molecule has 0 bridgehead atoms. The number of hydrogen-bond acceptors (Lipinski definition) is 3. The molecule has 160 valence electrons. The van der Waals surface area contributed by atoms with Crippen LogP contribution in [0.3, 0.4) is 0 Å². The van der Waals surface area contributed by atoms with Crippen molar-refractivity contribution < 1.29 is 17.6 Å². The fourth-order valence-electron chi connectivity index (χ4n) is 2.36. The van der Waals surface area contributed by atoms with Gasteiger partial charge < -0.3 is 4.42 Å². The average molecular weight is 567 g/mol. The molecule has 0 amide bonds. The molecule has 1 heterocycles. The molecule has 0 unspecified atom stereocenters. The van der Waals surface area contributed by atoms with Gasteiger partial charge in [0.05, 0.1) is 31.5 Å². The molecule has 0 spiro atoms. The molecule has 0 aliphatic carbocycles. The van der Waals surface area contributed by atoms with E-state index in [1.807, 2.05) is 26.0 Å². The summed E-state index contributed by atoms with van der Waals surface area (Å²) in [5, 5.41) is 1.89. The van der Waals surface area contributed by atoms with E-state index in [-0.39, 0.29) is 13.1 Å². The van der Waals surface area contributed by atoms with Crippen LogP contribution in [0.2, 0.25) is 20.1 Å². The predicted molar refractivity (Wildman–Crippen MR) is 127 cm³/mol. The first-order valence-corrected chi connectivity index (χ1v) is 12.8. The summed E-state index contributed by atoms with van der Waals surface area (Å²) in [4.78, 5) is 8.98. The van der Waals surface area contributed by atoms with Gasteiger partial charge in [0.1, 0.15) is 22.9 Å². The topological polar surface area (TPSA) is 37.9 Å². The van der Waals surface area contributed by atoms with Crippen LogP contribution >= 0.6 is 66.6 Å². The van der Waals surface area contributed by atoms with E-state index in [1.54, 1.807) is 36.4 Å². The Bertz CT molecular complexity index is 958. The van der Waals surface area contributed by atoms with Crippen molar-refractivity contribution in [2.75, 3.05) is 0 Å². The van der Waals surface area contributed by atoms with Gasteiger partial charge in [0.15, 0.2) is 0 Å². The Kier molecular flexibility index (Phi) is 10.6. The molecule has 3 aromatic rings. The van der Waals surface area contributed by atoms with Crippen molar-refractivity contribution in [3.8, 4) is 0 Å². The molecule has 30 heavy (non-hydrogen) atoms. The van der Waals surface area contributed by atoms with Gasteiger partial charge in [-0.15, -0.1) is 0 Å². The second kappa shape index (κ2) is 12.4. The van der Waals surface area contributed by atoms with Crippen molar-refractivity contribution in [3.05, 3.63) is 80.1 Å². The molecule has 0 saturated heterocycles. The summed E-state index contributed by atoms with van der Waals surface area (Å²) < 4.78 is 5.88. The Morgan fingerprint density at radius 3 is 1.27 bits per heavy atom. The molecular weight excluding hydrogens is 553 g/mol. The molecule has 10 heteroatoms. The van der Waals surface area contributed by atoms with Crippen LogP contribution in [0.15, 0.2) is 62.9 Å².